The van der Waals surface area contributed by atoms with E-state index in [1.54, 1.807) is 0 Å². The van der Waals surface area contributed by atoms with E-state index >= 15 is 0 Å². The summed E-state index contributed by atoms with van der Waals surface area (Å²) in [7, 11) is 3.44. The molecular formula is C12H13N2O. The molecule has 0 spiro atoms. The van der Waals surface area contributed by atoms with E-state index in [0.717, 1.165) is 22.6 Å². The molecule has 0 aliphatic heterocycles. The third kappa shape index (κ3) is 1.30. The van der Waals surface area contributed by atoms with Crippen LogP contribution in [0.15, 0.2) is 18.2 Å². The molecule has 0 amide bonds. The van der Waals surface area contributed by atoms with Crippen molar-refractivity contribution in [2.45, 2.75) is 25.2 Å². The third-order valence-electron chi connectivity index (χ3n) is 3.14. The molecule has 1 fully saturated rings. The van der Waals surface area contributed by atoms with E-state index < -0.39 is 0 Å². The van der Waals surface area contributed by atoms with Gasteiger partial charge in [0.25, 0.3) is 0 Å². The average Bonchev–Trinajstić information content (AvgIpc) is 2.57. The number of nitrogens with one attached hydrogen (secondary N) is 1. The van der Waals surface area contributed by atoms with Crippen molar-refractivity contribution >= 4 is 11.0 Å². The summed E-state index contributed by atoms with van der Waals surface area (Å²) < 4.78 is 5.04. The molecule has 77 valence electrons. The Hall–Kier alpha value is -1.51. The van der Waals surface area contributed by atoms with Gasteiger partial charge in [0.2, 0.25) is 0 Å². The molecule has 0 atom stereocenters. The Morgan fingerprint density at radius 1 is 1.40 bits per heavy atom. The SMILES string of the molecule is [CH2]Oc1cccc2[nH]c(C3CCC3)nc12. The summed E-state index contributed by atoms with van der Waals surface area (Å²) in [5.74, 6) is 2.46. The largest absolute Gasteiger partial charge is 0.488 e. The molecule has 15 heavy (non-hydrogen) atoms. The molecule has 3 heteroatoms. The molecule has 1 heterocycles. The van der Waals surface area contributed by atoms with Crippen LogP contribution in [0.2, 0.25) is 0 Å². The van der Waals surface area contributed by atoms with E-state index in [4.69, 9.17) is 4.74 Å². The maximum atomic E-state index is 5.04. The maximum Gasteiger partial charge on any atom is 0.147 e. The molecule has 2 aromatic rings. The minimum absolute atomic E-state index is 0.620. The number of ether oxygens (including phenoxy) is 1. The number of H-pyrrole nitrogens is 1. The minimum atomic E-state index is 0.620. The van der Waals surface area contributed by atoms with Crippen molar-refractivity contribution in [3.8, 4) is 5.75 Å². The van der Waals surface area contributed by atoms with Gasteiger partial charge in [-0.25, -0.2) is 4.98 Å². The number of hydrogen-bond donors (Lipinski definition) is 1. The normalized spacial score (nSPS) is 16.6. The number of imidazole rings is 1. The lowest BCUT2D eigenvalue weighted by Gasteiger charge is -2.22. The highest BCUT2D eigenvalue weighted by Gasteiger charge is 2.23. The van der Waals surface area contributed by atoms with Gasteiger partial charge < -0.3 is 9.72 Å². The van der Waals surface area contributed by atoms with Crippen molar-refractivity contribution < 1.29 is 4.74 Å². The van der Waals surface area contributed by atoms with Crippen molar-refractivity contribution in [2.24, 2.45) is 0 Å². The second-order valence-electron chi connectivity index (χ2n) is 4.05. The molecule has 1 aliphatic rings. The van der Waals surface area contributed by atoms with E-state index in [1.807, 2.05) is 18.2 Å². The van der Waals surface area contributed by atoms with Crippen LogP contribution in [0.3, 0.4) is 0 Å². The predicted octanol–water partition coefficient (Wildman–Crippen LogP) is 3.00. The van der Waals surface area contributed by atoms with Crippen LogP contribution in [0.4, 0.5) is 0 Å². The summed E-state index contributed by atoms with van der Waals surface area (Å²) in [5, 5.41) is 0. The first-order valence-corrected chi connectivity index (χ1v) is 5.29. The predicted molar refractivity (Wildman–Crippen MR) is 58.7 cm³/mol. The summed E-state index contributed by atoms with van der Waals surface area (Å²) in [4.78, 5) is 7.94. The highest BCUT2D eigenvalue weighted by molar-refractivity contribution is 5.81. The first-order valence-electron chi connectivity index (χ1n) is 5.29. The zero-order valence-corrected chi connectivity index (χ0v) is 8.49. The first-order chi connectivity index (χ1) is 7.38. The fourth-order valence-electron chi connectivity index (χ4n) is 2.02. The summed E-state index contributed by atoms with van der Waals surface area (Å²) in [6.07, 6.45) is 3.82. The second kappa shape index (κ2) is 3.26. The lowest BCUT2D eigenvalue weighted by molar-refractivity contribution is 0.404. The Bertz CT molecular complexity index is 485. The van der Waals surface area contributed by atoms with Crippen LogP contribution < -0.4 is 4.74 Å². The molecule has 1 aromatic heterocycles. The Morgan fingerprint density at radius 3 is 2.93 bits per heavy atom. The van der Waals surface area contributed by atoms with E-state index in [9.17, 15) is 0 Å². The van der Waals surface area contributed by atoms with E-state index in [0.29, 0.717) is 5.92 Å². The van der Waals surface area contributed by atoms with Gasteiger partial charge in [-0.05, 0) is 25.0 Å². The number of benzene rings is 1. The quantitative estimate of drug-likeness (QED) is 0.811. The number of hydrogen-bond acceptors (Lipinski definition) is 2. The Labute approximate surface area is 88.5 Å². The molecule has 1 aromatic carbocycles. The lowest BCUT2D eigenvalue weighted by Crippen LogP contribution is -2.10. The minimum Gasteiger partial charge on any atom is -0.488 e. The van der Waals surface area contributed by atoms with Gasteiger partial charge in [-0.15, -0.1) is 0 Å². The fourth-order valence-corrected chi connectivity index (χ4v) is 2.02. The van der Waals surface area contributed by atoms with Gasteiger partial charge in [-0.3, -0.25) is 0 Å². The van der Waals surface area contributed by atoms with Crippen molar-refractivity contribution in [1.29, 1.82) is 0 Å². The van der Waals surface area contributed by atoms with Crippen LogP contribution in [0, 0.1) is 7.11 Å². The van der Waals surface area contributed by atoms with Crippen molar-refractivity contribution in [3.63, 3.8) is 0 Å². The molecule has 0 unspecified atom stereocenters. The molecular weight excluding hydrogens is 188 g/mol. The monoisotopic (exact) mass is 201 g/mol. The highest BCUT2D eigenvalue weighted by Crippen LogP contribution is 2.36. The number of nitrogens with zero attached hydrogens (tertiary/aromatic N) is 1. The van der Waals surface area contributed by atoms with Crippen molar-refractivity contribution in [2.75, 3.05) is 0 Å². The number of fused-ring (bicyclic) bond motifs is 1. The molecule has 3 rings (SSSR count). The number of aromatic nitrogens is 2. The number of rotatable bonds is 2. The standard InChI is InChI=1S/C12H13N2O/c1-15-10-7-3-6-9-11(10)14-12(13-9)8-4-2-5-8/h3,6-8H,1-2,4-5H2,(H,13,14). The number of para-hydroxylation sites is 1. The second-order valence-corrected chi connectivity index (χ2v) is 4.05. The summed E-state index contributed by atoms with van der Waals surface area (Å²) in [5.41, 5.74) is 1.94. The van der Waals surface area contributed by atoms with Gasteiger partial charge in [-0.1, -0.05) is 12.5 Å². The molecule has 1 N–H and O–H groups in total. The van der Waals surface area contributed by atoms with E-state index in [-0.39, 0.29) is 0 Å². The van der Waals surface area contributed by atoms with Gasteiger partial charge in [-0.2, -0.15) is 0 Å². The zero-order valence-electron chi connectivity index (χ0n) is 8.49. The van der Waals surface area contributed by atoms with E-state index in [2.05, 4.69) is 17.1 Å². The molecule has 0 saturated heterocycles. The smallest absolute Gasteiger partial charge is 0.147 e. The van der Waals surface area contributed by atoms with Gasteiger partial charge in [0.15, 0.2) is 0 Å². The molecule has 0 bridgehead atoms. The summed E-state index contributed by atoms with van der Waals surface area (Å²) in [6.45, 7) is 0. The maximum absolute atomic E-state index is 5.04. The highest BCUT2D eigenvalue weighted by atomic mass is 16.5. The van der Waals surface area contributed by atoms with Crippen LogP contribution in [0.5, 0.6) is 5.75 Å². The van der Waals surface area contributed by atoms with Crippen molar-refractivity contribution in [1.82, 2.24) is 9.97 Å². The summed E-state index contributed by atoms with van der Waals surface area (Å²) in [6, 6.07) is 5.86. The molecule has 1 radical (unpaired) electrons. The topological polar surface area (TPSA) is 37.9 Å². The van der Waals surface area contributed by atoms with E-state index in [1.165, 1.54) is 19.3 Å². The van der Waals surface area contributed by atoms with Gasteiger partial charge in [0, 0.05) is 5.92 Å². The van der Waals surface area contributed by atoms with Gasteiger partial charge >= 0.3 is 0 Å². The van der Waals surface area contributed by atoms with Crippen LogP contribution in [0.25, 0.3) is 11.0 Å². The first kappa shape index (κ1) is 8.77. The van der Waals surface area contributed by atoms with Gasteiger partial charge in [0.05, 0.1) is 5.52 Å². The summed E-state index contributed by atoms with van der Waals surface area (Å²) >= 11 is 0. The van der Waals surface area contributed by atoms with Crippen LogP contribution in [-0.4, -0.2) is 9.97 Å². The van der Waals surface area contributed by atoms with Gasteiger partial charge in [0.1, 0.15) is 24.2 Å². The Kier molecular flexibility index (Phi) is 1.91. The van der Waals surface area contributed by atoms with Crippen LogP contribution in [-0.2, 0) is 0 Å². The Morgan fingerprint density at radius 2 is 2.27 bits per heavy atom. The zero-order chi connectivity index (χ0) is 10.3. The third-order valence-corrected chi connectivity index (χ3v) is 3.14. The number of aromatic amines is 1. The Balaban J connectivity index is 2.12. The lowest BCUT2D eigenvalue weighted by atomic mass is 9.85. The van der Waals surface area contributed by atoms with Crippen LogP contribution >= 0.6 is 0 Å². The molecule has 1 aliphatic carbocycles. The van der Waals surface area contributed by atoms with Crippen LogP contribution in [0.1, 0.15) is 31.0 Å². The molecule has 1 saturated carbocycles. The average molecular weight is 201 g/mol. The fraction of sp³-hybridized carbons (Fsp3) is 0.333. The van der Waals surface area contributed by atoms with Crippen molar-refractivity contribution in [3.05, 3.63) is 31.1 Å². The molecule has 3 nitrogen and oxygen atoms in total.